The maximum atomic E-state index is 13.4. The van der Waals surface area contributed by atoms with Crippen LogP contribution in [-0.4, -0.2) is 74.2 Å². The highest BCUT2D eigenvalue weighted by molar-refractivity contribution is 7.89. The fourth-order valence-corrected chi connectivity index (χ4v) is 6.53. The van der Waals surface area contributed by atoms with Gasteiger partial charge in [0, 0.05) is 39.3 Å². The van der Waals surface area contributed by atoms with Gasteiger partial charge in [-0.1, -0.05) is 13.0 Å². The molecule has 0 N–H and O–H groups in total. The molecule has 1 aromatic carbocycles. The molecule has 0 radical (unpaired) electrons. The number of aryl methyl sites for hydroxylation is 2. The van der Waals surface area contributed by atoms with Crippen LogP contribution < -0.4 is 0 Å². The number of rotatable bonds is 4. The van der Waals surface area contributed by atoms with Gasteiger partial charge in [-0.25, -0.2) is 8.42 Å². The number of hydrogen-bond acceptors (Lipinski definition) is 4. The van der Waals surface area contributed by atoms with E-state index in [1.54, 1.807) is 4.31 Å². The maximum Gasteiger partial charge on any atom is 0.243 e. The van der Waals surface area contributed by atoms with Crippen LogP contribution >= 0.6 is 0 Å². The third-order valence-electron chi connectivity index (χ3n) is 6.59. The predicted molar refractivity (Wildman–Crippen MR) is 116 cm³/mol. The van der Waals surface area contributed by atoms with E-state index in [0.29, 0.717) is 43.5 Å². The van der Waals surface area contributed by atoms with Crippen LogP contribution in [-0.2, 0) is 14.8 Å². The van der Waals surface area contributed by atoms with Crippen molar-refractivity contribution in [2.24, 2.45) is 5.92 Å². The molecule has 2 aliphatic heterocycles. The van der Waals surface area contributed by atoms with Crippen LogP contribution in [0.3, 0.4) is 0 Å². The number of benzene rings is 1. The monoisotopic (exact) mass is 421 g/mol. The van der Waals surface area contributed by atoms with Crippen LogP contribution in [0.4, 0.5) is 0 Å². The largest absolute Gasteiger partial charge is 0.341 e. The second kappa shape index (κ2) is 8.74. The van der Waals surface area contributed by atoms with Gasteiger partial charge in [0.25, 0.3) is 0 Å². The van der Waals surface area contributed by atoms with Gasteiger partial charge in [0.05, 0.1) is 11.4 Å². The maximum absolute atomic E-state index is 13.4. The van der Waals surface area contributed by atoms with E-state index >= 15 is 0 Å². The number of piperidine rings is 1. The molecule has 6 nitrogen and oxygen atoms in total. The molecule has 162 valence electrons. The van der Waals surface area contributed by atoms with Gasteiger partial charge < -0.3 is 4.90 Å². The summed E-state index contributed by atoms with van der Waals surface area (Å²) in [5, 5.41) is 0. The van der Waals surface area contributed by atoms with Gasteiger partial charge in [0.2, 0.25) is 15.9 Å². The lowest BCUT2D eigenvalue weighted by atomic mass is 10.0. The van der Waals surface area contributed by atoms with Crippen molar-refractivity contribution in [2.75, 3.05) is 45.8 Å². The summed E-state index contributed by atoms with van der Waals surface area (Å²) in [6.45, 7) is 14.0. The number of carbonyl (C=O) groups excluding carboxylic acids is 1. The summed E-state index contributed by atoms with van der Waals surface area (Å²) in [6, 6.07) is 2.05. The Bertz CT molecular complexity index is 848. The van der Waals surface area contributed by atoms with E-state index in [9.17, 15) is 13.2 Å². The summed E-state index contributed by atoms with van der Waals surface area (Å²) < 4.78 is 28.3. The molecule has 1 atom stereocenters. The highest BCUT2D eigenvalue weighted by Crippen LogP contribution is 2.29. The number of carbonyl (C=O) groups is 1. The lowest BCUT2D eigenvalue weighted by Gasteiger charge is -2.36. The molecule has 0 unspecified atom stereocenters. The fraction of sp³-hybridized carbons (Fsp3) is 0.682. The Balaban J connectivity index is 1.65. The summed E-state index contributed by atoms with van der Waals surface area (Å²) in [4.78, 5) is 17.2. The van der Waals surface area contributed by atoms with E-state index in [0.717, 1.165) is 41.8 Å². The average Bonchev–Trinajstić information content (AvgIpc) is 2.67. The number of sulfonamides is 1. The molecule has 7 heteroatoms. The van der Waals surface area contributed by atoms with Crippen LogP contribution in [0.2, 0.25) is 0 Å². The average molecular weight is 422 g/mol. The molecule has 3 rings (SSSR count). The Kier molecular flexibility index (Phi) is 6.70. The fourth-order valence-electron chi connectivity index (χ4n) is 4.53. The molecule has 29 heavy (non-hydrogen) atoms. The van der Waals surface area contributed by atoms with Crippen LogP contribution in [0.1, 0.15) is 42.0 Å². The van der Waals surface area contributed by atoms with E-state index in [2.05, 4.69) is 17.9 Å². The van der Waals surface area contributed by atoms with E-state index in [-0.39, 0.29) is 5.91 Å². The highest BCUT2D eigenvalue weighted by Gasteiger charge is 2.32. The molecular formula is C22H35N3O3S. The normalized spacial score (nSPS) is 22.1. The van der Waals surface area contributed by atoms with Gasteiger partial charge in [-0.05, 0) is 68.7 Å². The molecule has 0 saturated carbocycles. The zero-order chi connectivity index (χ0) is 21.3. The minimum atomic E-state index is -3.54. The molecule has 2 fully saturated rings. The number of amides is 1. The standard InChI is InChI=1S/C22H35N3O3S/c1-16-7-6-8-24(14-16)21(26)15-23-9-11-25(12-10-23)29(27,28)22-19(4)17(2)13-18(3)20(22)5/h13,16H,6-12,14-15H2,1-5H3/t16-/m0/s1. The third-order valence-corrected chi connectivity index (χ3v) is 8.77. The van der Waals surface area contributed by atoms with Gasteiger partial charge in [0.15, 0.2) is 0 Å². The van der Waals surface area contributed by atoms with Crippen LogP contribution in [0, 0.1) is 33.6 Å². The first kappa shape index (κ1) is 22.2. The summed E-state index contributed by atoms with van der Waals surface area (Å²) >= 11 is 0. The van der Waals surface area contributed by atoms with Gasteiger partial charge in [0.1, 0.15) is 0 Å². The zero-order valence-corrected chi connectivity index (χ0v) is 19.3. The molecule has 1 amide bonds. The van der Waals surface area contributed by atoms with Crippen molar-refractivity contribution in [1.82, 2.24) is 14.1 Å². The molecule has 0 spiro atoms. The van der Waals surface area contributed by atoms with Crippen molar-refractivity contribution in [2.45, 2.75) is 52.4 Å². The highest BCUT2D eigenvalue weighted by atomic mass is 32.2. The smallest absolute Gasteiger partial charge is 0.243 e. The molecule has 0 aliphatic carbocycles. The van der Waals surface area contributed by atoms with Crippen molar-refractivity contribution in [3.8, 4) is 0 Å². The molecule has 0 bridgehead atoms. The van der Waals surface area contributed by atoms with Crippen LogP contribution in [0.5, 0.6) is 0 Å². The molecule has 2 saturated heterocycles. The van der Waals surface area contributed by atoms with Gasteiger partial charge in [-0.15, -0.1) is 0 Å². The van der Waals surface area contributed by atoms with E-state index in [4.69, 9.17) is 0 Å². The number of piperazine rings is 1. The number of hydrogen-bond donors (Lipinski definition) is 0. The van der Waals surface area contributed by atoms with Crippen molar-refractivity contribution in [1.29, 1.82) is 0 Å². The topological polar surface area (TPSA) is 60.9 Å². The second-order valence-corrected chi connectivity index (χ2v) is 10.7. The van der Waals surface area contributed by atoms with E-state index in [1.807, 2.05) is 32.6 Å². The molecule has 2 aliphatic rings. The first-order valence-corrected chi connectivity index (χ1v) is 12.1. The second-order valence-electron chi connectivity index (χ2n) is 8.86. The lowest BCUT2D eigenvalue weighted by Crippen LogP contribution is -2.52. The van der Waals surface area contributed by atoms with Crippen LogP contribution in [0.25, 0.3) is 0 Å². The Hall–Kier alpha value is -1.44. The molecular weight excluding hydrogens is 386 g/mol. The number of nitrogens with zero attached hydrogens (tertiary/aromatic N) is 3. The number of likely N-dealkylation sites (tertiary alicyclic amines) is 1. The molecule has 0 aromatic heterocycles. The summed E-state index contributed by atoms with van der Waals surface area (Å²) in [7, 11) is -3.54. The third kappa shape index (κ3) is 4.67. The van der Waals surface area contributed by atoms with Gasteiger partial charge in [-0.2, -0.15) is 4.31 Å². The Morgan fingerprint density at radius 1 is 1.00 bits per heavy atom. The van der Waals surface area contributed by atoms with Crippen molar-refractivity contribution < 1.29 is 13.2 Å². The first-order valence-electron chi connectivity index (χ1n) is 10.7. The lowest BCUT2D eigenvalue weighted by molar-refractivity contribution is -0.134. The summed E-state index contributed by atoms with van der Waals surface area (Å²) in [5.41, 5.74) is 3.69. The minimum absolute atomic E-state index is 0.175. The molecule has 1 aromatic rings. The summed E-state index contributed by atoms with van der Waals surface area (Å²) in [6.07, 6.45) is 2.27. The molecule has 2 heterocycles. The van der Waals surface area contributed by atoms with Gasteiger partial charge in [-0.3, -0.25) is 9.69 Å². The van der Waals surface area contributed by atoms with E-state index in [1.165, 1.54) is 6.42 Å². The van der Waals surface area contributed by atoms with Crippen LogP contribution in [0.15, 0.2) is 11.0 Å². The van der Waals surface area contributed by atoms with Crippen molar-refractivity contribution in [3.63, 3.8) is 0 Å². The first-order chi connectivity index (χ1) is 13.6. The van der Waals surface area contributed by atoms with Crippen molar-refractivity contribution in [3.05, 3.63) is 28.3 Å². The Morgan fingerprint density at radius 3 is 2.14 bits per heavy atom. The Morgan fingerprint density at radius 2 is 1.59 bits per heavy atom. The van der Waals surface area contributed by atoms with Gasteiger partial charge >= 0.3 is 0 Å². The minimum Gasteiger partial charge on any atom is -0.341 e. The van der Waals surface area contributed by atoms with E-state index < -0.39 is 10.0 Å². The quantitative estimate of drug-likeness (QED) is 0.749. The SMILES string of the molecule is Cc1cc(C)c(C)c(S(=O)(=O)N2CCN(CC(=O)N3CCC[C@H](C)C3)CC2)c1C. The Labute approximate surface area is 175 Å². The summed E-state index contributed by atoms with van der Waals surface area (Å²) in [5.74, 6) is 0.743. The van der Waals surface area contributed by atoms with Crippen molar-refractivity contribution >= 4 is 15.9 Å². The predicted octanol–water partition coefficient (Wildman–Crippen LogP) is 2.49. The zero-order valence-electron chi connectivity index (χ0n) is 18.5.